The molecule has 0 saturated heterocycles. The Balaban J connectivity index is 2.53. The topological polar surface area (TPSA) is 57.7 Å². The molecule has 0 saturated carbocycles. The largest absolute Gasteiger partial charge is 0.342 e. The quantitative estimate of drug-likeness (QED) is 0.686. The van der Waals surface area contributed by atoms with Gasteiger partial charge in [-0.25, -0.2) is 8.42 Å². The van der Waals surface area contributed by atoms with E-state index in [4.69, 9.17) is 23.2 Å². The third-order valence-corrected chi connectivity index (χ3v) is 6.22. The molecular weight excluding hydrogens is 395 g/mol. The molecule has 0 heterocycles. The number of carbonyl (C=O) groups excluding carboxylic acids is 1. The maximum Gasteiger partial charge on any atom is 0.264 e. The zero-order valence-electron chi connectivity index (χ0n) is 14.5. The molecule has 2 rings (SSSR count). The van der Waals surface area contributed by atoms with Gasteiger partial charge in [-0.3, -0.25) is 9.10 Å². The first-order valence-electron chi connectivity index (χ1n) is 8.11. The van der Waals surface area contributed by atoms with E-state index in [-0.39, 0.29) is 28.1 Å². The van der Waals surface area contributed by atoms with Gasteiger partial charge in [-0.05, 0) is 44.2 Å². The second kappa shape index (κ2) is 8.75. The van der Waals surface area contributed by atoms with Gasteiger partial charge in [0.25, 0.3) is 10.0 Å². The Morgan fingerprint density at radius 2 is 1.62 bits per heavy atom. The number of carbonyl (C=O) groups is 1. The molecule has 5 nitrogen and oxygen atoms in total. The number of nitrogens with zero attached hydrogens (tertiary/aromatic N) is 2. The smallest absolute Gasteiger partial charge is 0.264 e. The van der Waals surface area contributed by atoms with Crippen molar-refractivity contribution in [1.29, 1.82) is 0 Å². The lowest BCUT2D eigenvalue weighted by Crippen LogP contribution is -2.43. The van der Waals surface area contributed by atoms with Crippen molar-refractivity contribution in [2.24, 2.45) is 0 Å². The van der Waals surface area contributed by atoms with E-state index < -0.39 is 10.0 Å². The molecule has 0 spiro atoms. The van der Waals surface area contributed by atoms with Gasteiger partial charge in [-0.1, -0.05) is 41.4 Å². The van der Waals surface area contributed by atoms with Crippen molar-refractivity contribution in [2.45, 2.75) is 18.7 Å². The molecule has 0 N–H and O–H groups in total. The summed E-state index contributed by atoms with van der Waals surface area (Å²) in [7, 11) is -3.98. The van der Waals surface area contributed by atoms with Crippen LogP contribution < -0.4 is 4.31 Å². The van der Waals surface area contributed by atoms with Crippen LogP contribution in [0.3, 0.4) is 0 Å². The van der Waals surface area contributed by atoms with Crippen LogP contribution in [0.2, 0.25) is 10.0 Å². The summed E-state index contributed by atoms with van der Waals surface area (Å²) in [5, 5.41) is 0.537. The molecule has 1 amide bonds. The molecule has 2 aromatic carbocycles. The number of hydrogen-bond acceptors (Lipinski definition) is 3. The molecule has 2 aromatic rings. The fraction of sp³-hybridized carbons (Fsp3) is 0.278. The number of likely N-dealkylation sites (N-methyl/N-ethyl adjacent to an activating group) is 1. The third kappa shape index (κ3) is 4.50. The highest BCUT2D eigenvalue weighted by molar-refractivity contribution is 7.92. The second-order valence-electron chi connectivity index (χ2n) is 5.49. The van der Waals surface area contributed by atoms with E-state index in [1.54, 1.807) is 23.1 Å². The summed E-state index contributed by atoms with van der Waals surface area (Å²) in [5.41, 5.74) is 0.209. The summed E-state index contributed by atoms with van der Waals surface area (Å²) >= 11 is 12.2. The molecule has 0 atom stereocenters. The summed E-state index contributed by atoms with van der Waals surface area (Å²) in [4.78, 5) is 14.2. The van der Waals surface area contributed by atoms with Crippen LogP contribution in [0.15, 0.2) is 53.4 Å². The lowest BCUT2D eigenvalue weighted by molar-refractivity contribution is -0.129. The normalized spacial score (nSPS) is 11.2. The maximum absolute atomic E-state index is 13.2. The summed E-state index contributed by atoms with van der Waals surface area (Å²) < 4.78 is 27.4. The Kier molecular flexibility index (Phi) is 6.92. The number of halogens is 2. The van der Waals surface area contributed by atoms with Crippen molar-refractivity contribution in [3.8, 4) is 0 Å². The Labute approximate surface area is 164 Å². The first kappa shape index (κ1) is 20.6. The Hall–Kier alpha value is -1.76. The molecule has 0 aliphatic carbocycles. The van der Waals surface area contributed by atoms with Crippen molar-refractivity contribution in [3.05, 3.63) is 58.6 Å². The predicted molar refractivity (Wildman–Crippen MR) is 105 cm³/mol. The minimum atomic E-state index is -3.98. The molecular formula is C18H20Cl2N2O3S. The van der Waals surface area contributed by atoms with Crippen LogP contribution in [-0.2, 0) is 14.8 Å². The highest BCUT2D eigenvalue weighted by Crippen LogP contribution is 2.32. The zero-order valence-corrected chi connectivity index (χ0v) is 16.9. The fourth-order valence-electron chi connectivity index (χ4n) is 2.50. The van der Waals surface area contributed by atoms with E-state index >= 15 is 0 Å². The van der Waals surface area contributed by atoms with Crippen LogP contribution in [0, 0.1) is 0 Å². The SMILES string of the molecule is CCN(CC)C(=O)CN(c1ccc(Cl)cc1Cl)S(=O)(=O)c1ccccc1. The van der Waals surface area contributed by atoms with Gasteiger partial charge >= 0.3 is 0 Å². The van der Waals surface area contributed by atoms with E-state index in [0.717, 1.165) is 4.31 Å². The number of amides is 1. The average molecular weight is 415 g/mol. The van der Waals surface area contributed by atoms with E-state index in [9.17, 15) is 13.2 Å². The van der Waals surface area contributed by atoms with Crippen LogP contribution in [0.5, 0.6) is 0 Å². The molecule has 140 valence electrons. The fourth-order valence-corrected chi connectivity index (χ4v) is 4.52. The van der Waals surface area contributed by atoms with Gasteiger partial charge in [0.2, 0.25) is 5.91 Å². The maximum atomic E-state index is 13.2. The summed E-state index contributed by atoms with van der Waals surface area (Å²) in [6.45, 7) is 4.31. The molecule has 0 fully saturated rings. The van der Waals surface area contributed by atoms with Crippen LogP contribution in [0.1, 0.15) is 13.8 Å². The van der Waals surface area contributed by atoms with Crippen molar-refractivity contribution < 1.29 is 13.2 Å². The summed E-state index contributed by atoms with van der Waals surface area (Å²) in [6, 6.07) is 12.4. The number of anilines is 1. The van der Waals surface area contributed by atoms with Crippen LogP contribution in [0.4, 0.5) is 5.69 Å². The Bertz CT molecular complexity index is 869. The lowest BCUT2D eigenvalue weighted by atomic mass is 10.3. The van der Waals surface area contributed by atoms with Crippen LogP contribution in [0.25, 0.3) is 0 Å². The van der Waals surface area contributed by atoms with Crippen molar-refractivity contribution in [2.75, 3.05) is 23.9 Å². The first-order valence-corrected chi connectivity index (χ1v) is 10.3. The molecule has 8 heteroatoms. The van der Waals surface area contributed by atoms with E-state index in [2.05, 4.69) is 0 Å². The third-order valence-electron chi connectivity index (χ3n) is 3.90. The van der Waals surface area contributed by atoms with E-state index in [0.29, 0.717) is 18.1 Å². The zero-order chi connectivity index (χ0) is 19.3. The van der Waals surface area contributed by atoms with Gasteiger partial charge in [-0.2, -0.15) is 0 Å². The minimum Gasteiger partial charge on any atom is -0.342 e. The molecule has 0 aromatic heterocycles. The predicted octanol–water partition coefficient (Wildman–Crippen LogP) is 4.06. The van der Waals surface area contributed by atoms with Gasteiger partial charge in [0.15, 0.2) is 0 Å². The molecule has 0 bridgehead atoms. The van der Waals surface area contributed by atoms with E-state index in [1.807, 2.05) is 13.8 Å². The molecule has 26 heavy (non-hydrogen) atoms. The van der Waals surface area contributed by atoms with Crippen LogP contribution >= 0.6 is 23.2 Å². The van der Waals surface area contributed by atoms with Gasteiger partial charge in [0, 0.05) is 18.1 Å². The molecule has 0 radical (unpaired) electrons. The number of benzene rings is 2. The highest BCUT2D eigenvalue weighted by atomic mass is 35.5. The van der Waals surface area contributed by atoms with Crippen molar-refractivity contribution in [1.82, 2.24) is 4.90 Å². The van der Waals surface area contributed by atoms with E-state index in [1.165, 1.54) is 30.3 Å². The molecule has 0 aliphatic rings. The summed E-state index contributed by atoms with van der Waals surface area (Å²) in [5.74, 6) is -0.305. The Morgan fingerprint density at radius 1 is 1.00 bits per heavy atom. The van der Waals surface area contributed by atoms with Crippen molar-refractivity contribution in [3.63, 3.8) is 0 Å². The van der Waals surface area contributed by atoms with Gasteiger partial charge in [0.1, 0.15) is 6.54 Å². The molecule has 0 unspecified atom stereocenters. The van der Waals surface area contributed by atoms with Gasteiger partial charge in [-0.15, -0.1) is 0 Å². The first-order chi connectivity index (χ1) is 12.3. The van der Waals surface area contributed by atoms with Crippen molar-refractivity contribution >= 4 is 44.8 Å². The standard InChI is InChI=1S/C18H20Cl2N2O3S/c1-3-21(4-2)18(23)13-22(17-11-10-14(19)12-16(17)20)26(24,25)15-8-6-5-7-9-15/h5-12H,3-4,13H2,1-2H3. The van der Waals surface area contributed by atoms with Gasteiger partial charge in [0.05, 0.1) is 15.6 Å². The minimum absolute atomic E-state index is 0.0818. The number of rotatable bonds is 7. The number of hydrogen-bond donors (Lipinski definition) is 0. The van der Waals surface area contributed by atoms with Crippen LogP contribution in [-0.4, -0.2) is 38.9 Å². The second-order valence-corrected chi connectivity index (χ2v) is 8.19. The lowest BCUT2D eigenvalue weighted by Gasteiger charge is -2.28. The highest BCUT2D eigenvalue weighted by Gasteiger charge is 2.29. The monoisotopic (exact) mass is 414 g/mol. The summed E-state index contributed by atoms with van der Waals surface area (Å²) in [6.07, 6.45) is 0. The average Bonchev–Trinajstić information content (AvgIpc) is 2.62. The van der Waals surface area contributed by atoms with Gasteiger partial charge < -0.3 is 4.90 Å². The number of sulfonamides is 1. The molecule has 0 aliphatic heterocycles. The Morgan fingerprint density at radius 3 is 2.15 bits per heavy atom.